The molecule has 10 heteroatoms. The molecule has 4 aromatic rings. The van der Waals surface area contributed by atoms with Crippen LogP contribution < -0.4 is 10.1 Å². The molecular weight excluding hydrogens is 420 g/mol. The number of hydrogen-bond acceptors (Lipinski definition) is 8. The summed E-state index contributed by atoms with van der Waals surface area (Å²) in [5.74, 6) is 1.37. The van der Waals surface area contributed by atoms with Gasteiger partial charge in [-0.15, -0.1) is 21.5 Å². The van der Waals surface area contributed by atoms with Gasteiger partial charge in [-0.3, -0.25) is 14.3 Å². The van der Waals surface area contributed by atoms with Crippen LogP contribution in [0.1, 0.15) is 5.69 Å². The van der Waals surface area contributed by atoms with E-state index < -0.39 is 0 Å². The number of ether oxygens (including phenoxy) is 1. The zero-order chi connectivity index (χ0) is 20.9. The second kappa shape index (κ2) is 9.06. The summed E-state index contributed by atoms with van der Waals surface area (Å²) in [6.07, 6.45) is 1.71. The number of benzene rings is 1. The monoisotopic (exact) mass is 438 g/mol. The van der Waals surface area contributed by atoms with Gasteiger partial charge in [0.15, 0.2) is 16.1 Å². The molecule has 0 bridgehead atoms. The second-order valence-electron chi connectivity index (χ2n) is 6.19. The summed E-state index contributed by atoms with van der Waals surface area (Å²) < 4.78 is 7.14. The predicted molar refractivity (Wildman–Crippen MR) is 117 cm³/mol. The van der Waals surface area contributed by atoms with Crippen molar-refractivity contribution in [2.75, 3.05) is 18.2 Å². The van der Waals surface area contributed by atoms with Crippen LogP contribution in [-0.2, 0) is 4.79 Å². The van der Waals surface area contributed by atoms with E-state index in [0.717, 1.165) is 17.1 Å². The van der Waals surface area contributed by atoms with Gasteiger partial charge in [0, 0.05) is 11.6 Å². The summed E-state index contributed by atoms with van der Waals surface area (Å²) in [6, 6.07) is 13.2. The zero-order valence-corrected chi connectivity index (χ0v) is 17.9. The summed E-state index contributed by atoms with van der Waals surface area (Å²) in [4.78, 5) is 21.0. The maximum atomic E-state index is 12.4. The molecule has 1 aromatic carbocycles. The molecule has 0 aliphatic carbocycles. The Labute approximate surface area is 181 Å². The first-order chi connectivity index (χ1) is 14.6. The van der Waals surface area contributed by atoms with Crippen LogP contribution in [0.3, 0.4) is 0 Å². The van der Waals surface area contributed by atoms with Crippen molar-refractivity contribution in [3.05, 3.63) is 59.7 Å². The first kappa shape index (κ1) is 20.0. The first-order valence-electron chi connectivity index (χ1n) is 9.00. The molecule has 0 radical (unpaired) electrons. The number of carbonyl (C=O) groups excluding carboxylic acids is 1. The average molecular weight is 439 g/mol. The fourth-order valence-corrected chi connectivity index (χ4v) is 4.14. The fourth-order valence-electron chi connectivity index (χ4n) is 2.69. The Hall–Kier alpha value is -3.24. The molecule has 0 saturated carbocycles. The van der Waals surface area contributed by atoms with Gasteiger partial charge < -0.3 is 10.1 Å². The number of amides is 1. The minimum absolute atomic E-state index is 0.155. The minimum Gasteiger partial charge on any atom is -0.497 e. The van der Waals surface area contributed by atoms with E-state index in [-0.39, 0.29) is 11.7 Å². The molecule has 1 amide bonds. The molecule has 30 heavy (non-hydrogen) atoms. The maximum Gasteiger partial charge on any atom is 0.236 e. The molecule has 0 atom stereocenters. The van der Waals surface area contributed by atoms with Crippen LogP contribution in [0.2, 0.25) is 0 Å². The second-order valence-corrected chi connectivity index (χ2v) is 7.99. The zero-order valence-electron chi connectivity index (χ0n) is 16.3. The van der Waals surface area contributed by atoms with Gasteiger partial charge in [-0.25, -0.2) is 4.98 Å². The smallest absolute Gasteiger partial charge is 0.236 e. The summed E-state index contributed by atoms with van der Waals surface area (Å²) in [5, 5.41) is 14.5. The molecule has 0 unspecified atom stereocenters. The molecule has 1 N–H and O–H groups in total. The summed E-state index contributed by atoms with van der Waals surface area (Å²) in [7, 11) is 1.62. The average Bonchev–Trinajstić information content (AvgIpc) is 3.39. The van der Waals surface area contributed by atoms with Crippen LogP contribution in [0.4, 0.5) is 5.13 Å². The number of thioether (sulfide) groups is 1. The Balaban J connectivity index is 1.60. The Morgan fingerprint density at radius 3 is 2.70 bits per heavy atom. The Bertz CT molecular complexity index is 1140. The molecule has 0 aliphatic rings. The molecule has 0 fully saturated rings. The van der Waals surface area contributed by atoms with Gasteiger partial charge in [-0.05, 0) is 43.3 Å². The lowest BCUT2D eigenvalue weighted by molar-refractivity contribution is -0.113. The molecule has 0 aliphatic heterocycles. The lowest BCUT2D eigenvalue weighted by atomic mass is 10.3. The van der Waals surface area contributed by atoms with Crippen molar-refractivity contribution < 1.29 is 9.53 Å². The fraction of sp³-hybridized carbons (Fsp3) is 0.150. The number of nitrogens with zero attached hydrogens (tertiary/aromatic N) is 5. The number of methoxy groups -OCH3 is 1. The Kier molecular flexibility index (Phi) is 6.05. The van der Waals surface area contributed by atoms with E-state index in [9.17, 15) is 4.79 Å². The largest absolute Gasteiger partial charge is 0.497 e. The van der Waals surface area contributed by atoms with Gasteiger partial charge >= 0.3 is 0 Å². The molecule has 3 aromatic heterocycles. The number of nitrogens with one attached hydrogen (secondary N) is 1. The molecule has 0 spiro atoms. The molecular formula is C20H18N6O2S2. The van der Waals surface area contributed by atoms with Crippen molar-refractivity contribution in [2.24, 2.45) is 0 Å². The van der Waals surface area contributed by atoms with Crippen molar-refractivity contribution in [3.8, 4) is 23.0 Å². The summed E-state index contributed by atoms with van der Waals surface area (Å²) in [5.41, 5.74) is 2.41. The van der Waals surface area contributed by atoms with Crippen molar-refractivity contribution in [2.45, 2.75) is 12.1 Å². The van der Waals surface area contributed by atoms with Gasteiger partial charge in [0.05, 0.1) is 24.2 Å². The third-order valence-corrected chi connectivity index (χ3v) is 5.86. The number of aromatic nitrogens is 5. The number of rotatable bonds is 7. The lowest BCUT2D eigenvalue weighted by Gasteiger charge is -2.10. The number of hydrogen-bond donors (Lipinski definition) is 1. The van der Waals surface area contributed by atoms with E-state index >= 15 is 0 Å². The SMILES string of the molecule is COc1ccc(-n2c(SCC(=O)Nc3nc(C)cs3)nnc2-c2ccccn2)cc1. The predicted octanol–water partition coefficient (Wildman–Crippen LogP) is 3.83. The van der Waals surface area contributed by atoms with Gasteiger partial charge in [-0.1, -0.05) is 17.8 Å². The summed E-state index contributed by atoms with van der Waals surface area (Å²) in [6.45, 7) is 1.89. The standard InChI is InChI=1S/C20H18N6O2S2/c1-13-11-29-19(22-13)23-17(27)12-30-20-25-24-18(16-5-3-4-10-21-16)26(20)14-6-8-15(28-2)9-7-14/h3-11H,12H2,1-2H3,(H,22,23,27). The van der Waals surface area contributed by atoms with Crippen LogP contribution in [-0.4, -0.2) is 43.5 Å². The van der Waals surface area contributed by atoms with Gasteiger partial charge in [0.1, 0.15) is 11.4 Å². The Morgan fingerprint density at radius 1 is 1.20 bits per heavy atom. The number of anilines is 1. The van der Waals surface area contributed by atoms with Crippen LogP contribution in [0.15, 0.2) is 59.2 Å². The van der Waals surface area contributed by atoms with E-state index in [1.54, 1.807) is 13.3 Å². The molecule has 3 heterocycles. The quantitative estimate of drug-likeness (QED) is 0.438. The normalized spacial score (nSPS) is 10.7. The molecule has 4 rings (SSSR count). The summed E-state index contributed by atoms with van der Waals surface area (Å²) >= 11 is 2.70. The van der Waals surface area contributed by atoms with E-state index in [4.69, 9.17) is 4.74 Å². The van der Waals surface area contributed by atoms with E-state index in [1.807, 2.05) is 59.3 Å². The highest BCUT2D eigenvalue weighted by Gasteiger charge is 2.18. The van der Waals surface area contributed by atoms with Crippen molar-refractivity contribution >= 4 is 34.1 Å². The maximum absolute atomic E-state index is 12.4. The van der Waals surface area contributed by atoms with E-state index in [1.165, 1.54) is 23.1 Å². The third-order valence-electron chi connectivity index (χ3n) is 4.06. The van der Waals surface area contributed by atoms with Crippen LogP contribution in [0.25, 0.3) is 17.2 Å². The number of thiazole rings is 1. The number of aryl methyl sites for hydroxylation is 1. The van der Waals surface area contributed by atoms with Crippen molar-refractivity contribution in [3.63, 3.8) is 0 Å². The highest BCUT2D eigenvalue weighted by molar-refractivity contribution is 7.99. The molecule has 8 nitrogen and oxygen atoms in total. The van der Waals surface area contributed by atoms with Crippen molar-refractivity contribution in [1.29, 1.82) is 0 Å². The molecule has 152 valence electrons. The van der Waals surface area contributed by atoms with E-state index in [2.05, 4.69) is 25.5 Å². The van der Waals surface area contributed by atoms with Crippen LogP contribution >= 0.6 is 23.1 Å². The minimum atomic E-state index is -0.155. The third kappa shape index (κ3) is 4.50. The van der Waals surface area contributed by atoms with Gasteiger partial charge in [0.2, 0.25) is 5.91 Å². The number of carbonyl (C=O) groups is 1. The Morgan fingerprint density at radius 2 is 2.03 bits per heavy atom. The van der Waals surface area contributed by atoms with E-state index in [0.29, 0.717) is 21.8 Å². The van der Waals surface area contributed by atoms with Crippen molar-refractivity contribution in [1.82, 2.24) is 24.7 Å². The first-order valence-corrected chi connectivity index (χ1v) is 10.9. The lowest BCUT2D eigenvalue weighted by Crippen LogP contribution is -2.14. The van der Waals surface area contributed by atoms with Gasteiger partial charge in [0.25, 0.3) is 0 Å². The molecule has 0 saturated heterocycles. The van der Waals surface area contributed by atoms with Crippen LogP contribution in [0, 0.1) is 6.92 Å². The number of pyridine rings is 1. The topological polar surface area (TPSA) is 94.8 Å². The van der Waals surface area contributed by atoms with Gasteiger partial charge in [-0.2, -0.15) is 0 Å². The highest BCUT2D eigenvalue weighted by atomic mass is 32.2. The van der Waals surface area contributed by atoms with Crippen LogP contribution in [0.5, 0.6) is 5.75 Å². The highest BCUT2D eigenvalue weighted by Crippen LogP contribution is 2.28.